The molecule has 176 valence electrons. The molecule has 1 unspecified atom stereocenters. The molecule has 1 atom stereocenters. The maximum Gasteiger partial charge on any atom is 0.252 e. The van der Waals surface area contributed by atoms with Crippen LogP contribution < -0.4 is 15.0 Å². The molecule has 0 aliphatic carbocycles. The minimum Gasteiger partial charge on any atom is -0.454 e. The van der Waals surface area contributed by atoms with Crippen LogP contribution in [0.4, 0.5) is 0 Å². The van der Waals surface area contributed by atoms with Gasteiger partial charge in [0, 0.05) is 41.6 Å². The third-order valence-corrected chi connectivity index (χ3v) is 7.00. The van der Waals surface area contributed by atoms with E-state index in [1.165, 1.54) is 4.88 Å². The van der Waals surface area contributed by atoms with Gasteiger partial charge in [0.2, 0.25) is 6.79 Å². The summed E-state index contributed by atoms with van der Waals surface area (Å²) in [7, 11) is 0. The Labute approximate surface area is 199 Å². The predicted octanol–water partition coefficient (Wildman–Crippen LogP) is 2.69. The SMILES string of the molecule is O=c1[nH]c2cc3c(cc2cc1CN(Cc1cccs1)Cc1nnnn1CC1CCCO1)OCO3. The first-order chi connectivity index (χ1) is 16.7. The van der Waals surface area contributed by atoms with E-state index in [4.69, 9.17) is 14.2 Å². The Morgan fingerprint density at radius 3 is 2.91 bits per heavy atom. The Kier molecular flexibility index (Phi) is 5.73. The molecule has 1 N–H and O–H groups in total. The van der Waals surface area contributed by atoms with Crippen LogP contribution in [0.25, 0.3) is 10.9 Å². The van der Waals surface area contributed by atoms with Crippen molar-refractivity contribution in [3.8, 4) is 11.5 Å². The molecule has 4 aromatic rings. The number of pyridine rings is 1. The monoisotopic (exact) mass is 480 g/mol. The van der Waals surface area contributed by atoms with E-state index in [2.05, 4.69) is 36.9 Å². The van der Waals surface area contributed by atoms with E-state index < -0.39 is 0 Å². The number of benzene rings is 1. The van der Waals surface area contributed by atoms with E-state index >= 15 is 0 Å². The second-order valence-corrected chi connectivity index (χ2v) is 9.59. The fourth-order valence-corrected chi connectivity index (χ4v) is 5.20. The van der Waals surface area contributed by atoms with E-state index in [1.54, 1.807) is 11.3 Å². The highest BCUT2D eigenvalue weighted by molar-refractivity contribution is 7.09. The number of hydrogen-bond acceptors (Lipinski definition) is 9. The van der Waals surface area contributed by atoms with Gasteiger partial charge in [-0.1, -0.05) is 6.07 Å². The first-order valence-corrected chi connectivity index (χ1v) is 12.2. The minimum atomic E-state index is -0.124. The van der Waals surface area contributed by atoms with Crippen molar-refractivity contribution < 1.29 is 14.2 Å². The van der Waals surface area contributed by atoms with Gasteiger partial charge in [-0.05, 0) is 46.8 Å². The number of hydrogen-bond donors (Lipinski definition) is 1. The van der Waals surface area contributed by atoms with Crippen LogP contribution in [0.15, 0.2) is 40.5 Å². The maximum absolute atomic E-state index is 13.0. The molecule has 2 aliphatic heterocycles. The van der Waals surface area contributed by atoms with Crippen molar-refractivity contribution in [1.82, 2.24) is 30.1 Å². The molecule has 1 fully saturated rings. The number of fused-ring (bicyclic) bond motifs is 2. The first kappa shape index (κ1) is 21.3. The average molecular weight is 481 g/mol. The zero-order chi connectivity index (χ0) is 22.9. The van der Waals surface area contributed by atoms with Gasteiger partial charge in [0.25, 0.3) is 5.56 Å². The van der Waals surface area contributed by atoms with Gasteiger partial charge >= 0.3 is 0 Å². The minimum absolute atomic E-state index is 0.124. The average Bonchev–Trinajstić information content (AvgIpc) is 3.63. The van der Waals surface area contributed by atoms with Gasteiger partial charge in [0.15, 0.2) is 17.3 Å². The molecule has 0 spiro atoms. The summed E-state index contributed by atoms with van der Waals surface area (Å²) in [6, 6.07) is 9.77. The fourth-order valence-electron chi connectivity index (χ4n) is 4.45. The van der Waals surface area contributed by atoms with Gasteiger partial charge in [-0.2, -0.15) is 0 Å². The van der Waals surface area contributed by atoms with Crippen LogP contribution in [0.1, 0.15) is 29.1 Å². The molecule has 6 rings (SSSR count). The lowest BCUT2D eigenvalue weighted by atomic mass is 10.1. The van der Waals surface area contributed by atoms with Crippen molar-refractivity contribution in [3.63, 3.8) is 0 Å². The molecule has 34 heavy (non-hydrogen) atoms. The molecular formula is C23H24N6O4S. The normalized spacial score (nSPS) is 17.3. The number of nitrogens with zero attached hydrogens (tertiary/aromatic N) is 5. The van der Waals surface area contributed by atoms with E-state index in [0.29, 0.717) is 43.2 Å². The van der Waals surface area contributed by atoms with Crippen molar-refractivity contribution in [3.05, 3.63) is 62.3 Å². The first-order valence-electron chi connectivity index (χ1n) is 11.3. The van der Waals surface area contributed by atoms with Crippen LogP contribution in [0, 0.1) is 0 Å². The smallest absolute Gasteiger partial charge is 0.252 e. The van der Waals surface area contributed by atoms with Crippen molar-refractivity contribution in [2.45, 2.75) is 45.1 Å². The summed E-state index contributed by atoms with van der Waals surface area (Å²) in [5.74, 6) is 2.09. The Hall–Kier alpha value is -3.28. The van der Waals surface area contributed by atoms with Gasteiger partial charge in [-0.25, -0.2) is 4.68 Å². The van der Waals surface area contributed by atoms with Gasteiger partial charge in [-0.15, -0.1) is 16.4 Å². The third kappa shape index (κ3) is 4.41. The maximum atomic E-state index is 13.0. The number of ether oxygens (including phenoxy) is 3. The van der Waals surface area contributed by atoms with E-state index in [1.807, 2.05) is 28.9 Å². The van der Waals surface area contributed by atoms with Gasteiger partial charge in [0.05, 0.1) is 24.7 Å². The zero-order valence-corrected chi connectivity index (χ0v) is 19.3. The van der Waals surface area contributed by atoms with Crippen LogP contribution >= 0.6 is 11.3 Å². The van der Waals surface area contributed by atoms with Crippen molar-refractivity contribution in [1.29, 1.82) is 0 Å². The topological polar surface area (TPSA) is 107 Å². The molecule has 3 aromatic heterocycles. The van der Waals surface area contributed by atoms with Crippen molar-refractivity contribution in [2.75, 3.05) is 13.4 Å². The van der Waals surface area contributed by atoms with Crippen molar-refractivity contribution >= 4 is 22.2 Å². The number of tetrazole rings is 1. The van der Waals surface area contributed by atoms with E-state index in [-0.39, 0.29) is 18.5 Å². The Bertz CT molecular complexity index is 1350. The second-order valence-electron chi connectivity index (χ2n) is 8.55. The summed E-state index contributed by atoms with van der Waals surface area (Å²) in [5.41, 5.74) is 1.27. The largest absolute Gasteiger partial charge is 0.454 e. The standard InChI is InChI=1S/C23H24N6O4S/c30-23-16(7-15-8-20-21(33-14-32-20)9-19(15)24-23)10-28(12-18-4-2-6-34-18)13-22-25-26-27-29(22)11-17-3-1-5-31-17/h2,4,6-9,17H,1,3,5,10-14H2,(H,24,30). The molecule has 10 nitrogen and oxygen atoms in total. The lowest BCUT2D eigenvalue weighted by Gasteiger charge is -2.21. The van der Waals surface area contributed by atoms with Crippen LogP contribution in [0.2, 0.25) is 0 Å². The quantitative estimate of drug-likeness (QED) is 0.410. The molecule has 1 saturated heterocycles. The van der Waals surface area contributed by atoms with Gasteiger partial charge in [0.1, 0.15) is 0 Å². The Morgan fingerprint density at radius 2 is 2.09 bits per heavy atom. The number of rotatable bonds is 8. The highest BCUT2D eigenvalue weighted by Gasteiger charge is 2.21. The molecule has 11 heteroatoms. The molecule has 0 radical (unpaired) electrons. The van der Waals surface area contributed by atoms with Gasteiger partial charge < -0.3 is 19.2 Å². The summed E-state index contributed by atoms with van der Waals surface area (Å²) < 4.78 is 18.5. The molecule has 0 bridgehead atoms. The number of thiophene rings is 1. The van der Waals surface area contributed by atoms with Gasteiger partial charge in [-0.3, -0.25) is 9.69 Å². The number of aromatic nitrogens is 5. The van der Waals surface area contributed by atoms with E-state index in [0.717, 1.165) is 36.2 Å². The highest BCUT2D eigenvalue weighted by atomic mass is 32.1. The summed E-state index contributed by atoms with van der Waals surface area (Å²) in [6.07, 6.45) is 2.23. The lowest BCUT2D eigenvalue weighted by molar-refractivity contribution is 0.0915. The summed E-state index contributed by atoms with van der Waals surface area (Å²) in [5, 5.41) is 15.3. The van der Waals surface area contributed by atoms with Crippen molar-refractivity contribution in [2.24, 2.45) is 0 Å². The number of aromatic amines is 1. The van der Waals surface area contributed by atoms with Crippen LogP contribution in [0.3, 0.4) is 0 Å². The molecule has 1 aromatic carbocycles. The summed E-state index contributed by atoms with van der Waals surface area (Å²) in [6.45, 7) is 3.26. The summed E-state index contributed by atoms with van der Waals surface area (Å²) in [4.78, 5) is 19.3. The van der Waals surface area contributed by atoms with Crippen LogP contribution in [-0.4, -0.2) is 49.6 Å². The fraction of sp³-hybridized carbons (Fsp3) is 0.391. The Morgan fingerprint density at radius 1 is 1.18 bits per heavy atom. The molecule has 0 saturated carbocycles. The lowest BCUT2D eigenvalue weighted by Crippen LogP contribution is -2.28. The number of nitrogens with one attached hydrogen (secondary N) is 1. The Balaban J connectivity index is 1.28. The van der Waals surface area contributed by atoms with E-state index in [9.17, 15) is 4.79 Å². The second kappa shape index (κ2) is 9.16. The van der Waals surface area contributed by atoms with Crippen LogP contribution in [-0.2, 0) is 30.9 Å². The zero-order valence-electron chi connectivity index (χ0n) is 18.5. The third-order valence-electron chi connectivity index (χ3n) is 6.14. The summed E-state index contributed by atoms with van der Waals surface area (Å²) >= 11 is 1.69. The van der Waals surface area contributed by atoms with Crippen LogP contribution in [0.5, 0.6) is 11.5 Å². The molecule has 0 amide bonds. The number of H-pyrrole nitrogens is 1. The molecule has 5 heterocycles. The predicted molar refractivity (Wildman–Crippen MR) is 125 cm³/mol. The molecule has 2 aliphatic rings. The highest BCUT2D eigenvalue weighted by Crippen LogP contribution is 2.35. The molecular weight excluding hydrogens is 456 g/mol.